The maximum absolute atomic E-state index is 13.5. The van der Waals surface area contributed by atoms with Crippen molar-refractivity contribution in [3.8, 4) is 0 Å². The predicted octanol–water partition coefficient (Wildman–Crippen LogP) is 3.56. The number of morpholine rings is 1. The number of benzene rings is 3. The highest BCUT2D eigenvalue weighted by molar-refractivity contribution is 7.89. The van der Waals surface area contributed by atoms with Crippen LogP contribution in [0.2, 0.25) is 0 Å². The van der Waals surface area contributed by atoms with Crippen molar-refractivity contribution in [3.63, 3.8) is 0 Å². The lowest BCUT2D eigenvalue weighted by molar-refractivity contribution is 0.0730. The molecule has 1 saturated heterocycles. The Morgan fingerprint density at radius 1 is 0.912 bits per heavy atom. The number of nitrogens with zero attached hydrogens (tertiary/aromatic N) is 1. The third kappa shape index (κ3) is 5.83. The summed E-state index contributed by atoms with van der Waals surface area (Å²) >= 11 is 0. The zero-order chi connectivity index (χ0) is 24.0. The number of hydrogen-bond donors (Lipinski definition) is 2. The van der Waals surface area contributed by atoms with Crippen molar-refractivity contribution in [2.75, 3.05) is 31.6 Å². The minimum absolute atomic E-state index is 0.0915. The first-order chi connectivity index (χ1) is 16.4. The zero-order valence-electron chi connectivity index (χ0n) is 19.2. The van der Waals surface area contributed by atoms with Gasteiger partial charge in [0.15, 0.2) is 0 Å². The number of aryl methyl sites for hydroxylation is 1. The number of rotatable bonds is 8. The fourth-order valence-corrected chi connectivity index (χ4v) is 5.33. The highest BCUT2D eigenvalue weighted by Gasteiger charge is 2.29. The molecule has 1 aliphatic rings. The van der Waals surface area contributed by atoms with E-state index in [1.807, 2.05) is 61.5 Å². The molecule has 34 heavy (non-hydrogen) atoms. The average molecular weight is 480 g/mol. The second kappa shape index (κ2) is 10.8. The van der Waals surface area contributed by atoms with Gasteiger partial charge in [0, 0.05) is 31.7 Å². The van der Waals surface area contributed by atoms with E-state index in [1.165, 1.54) is 10.4 Å². The van der Waals surface area contributed by atoms with Crippen LogP contribution >= 0.6 is 0 Å². The molecule has 4 rings (SSSR count). The van der Waals surface area contributed by atoms with E-state index in [0.717, 1.165) is 16.7 Å². The van der Waals surface area contributed by atoms with E-state index in [1.54, 1.807) is 12.1 Å². The summed E-state index contributed by atoms with van der Waals surface area (Å²) in [7, 11) is -3.82. The lowest BCUT2D eigenvalue weighted by Crippen LogP contribution is -2.41. The van der Waals surface area contributed by atoms with E-state index in [4.69, 9.17) is 4.74 Å². The summed E-state index contributed by atoms with van der Waals surface area (Å²) < 4.78 is 33.8. The molecule has 0 spiro atoms. The van der Waals surface area contributed by atoms with Crippen molar-refractivity contribution in [1.82, 2.24) is 9.62 Å². The molecule has 1 heterocycles. The maximum atomic E-state index is 13.5. The predicted molar refractivity (Wildman–Crippen MR) is 132 cm³/mol. The molecule has 1 amide bonds. The molecule has 0 radical (unpaired) electrons. The molecule has 0 aliphatic carbocycles. The molecule has 0 bridgehead atoms. The molecule has 0 unspecified atom stereocenters. The van der Waals surface area contributed by atoms with Gasteiger partial charge in [0.25, 0.3) is 5.91 Å². The molecule has 0 saturated carbocycles. The van der Waals surface area contributed by atoms with E-state index in [-0.39, 0.29) is 23.9 Å². The third-order valence-electron chi connectivity index (χ3n) is 5.73. The molecule has 178 valence electrons. The lowest BCUT2D eigenvalue weighted by Gasteiger charge is -2.27. The van der Waals surface area contributed by atoms with E-state index < -0.39 is 10.0 Å². The van der Waals surface area contributed by atoms with Gasteiger partial charge < -0.3 is 15.4 Å². The number of ether oxygens (including phenoxy) is 1. The van der Waals surface area contributed by atoms with E-state index in [9.17, 15) is 13.2 Å². The Hall–Kier alpha value is -3.20. The summed E-state index contributed by atoms with van der Waals surface area (Å²) in [6, 6.07) is 22.4. The molecule has 1 fully saturated rings. The maximum Gasteiger partial charge on any atom is 0.251 e. The van der Waals surface area contributed by atoms with Gasteiger partial charge in [0.05, 0.1) is 18.9 Å². The fraction of sp³-hybridized carbons (Fsp3) is 0.269. The quantitative estimate of drug-likeness (QED) is 0.516. The summed E-state index contributed by atoms with van der Waals surface area (Å²) in [5.74, 6) is -0.327. The van der Waals surface area contributed by atoms with Gasteiger partial charge in [-0.25, -0.2) is 8.42 Å². The Labute approximate surface area is 200 Å². The molecule has 7 nitrogen and oxygen atoms in total. The van der Waals surface area contributed by atoms with Crippen LogP contribution in [0.15, 0.2) is 77.7 Å². The number of carbonyl (C=O) groups is 1. The number of hydrogen-bond acceptors (Lipinski definition) is 5. The zero-order valence-corrected chi connectivity index (χ0v) is 20.0. The number of amides is 1. The van der Waals surface area contributed by atoms with Crippen molar-refractivity contribution in [2.24, 2.45) is 0 Å². The van der Waals surface area contributed by atoms with Crippen molar-refractivity contribution in [1.29, 1.82) is 0 Å². The molecule has 8 heteroatoms. The summed E-state index contributed by atoms with van der Waals surface area (Å²) in [6.07, 6.45) is 0. The number of nitrogens with one attached hydrogen (secondary N) is 2. The highest BCUT2D eigenvalue weighted by Crippen LogP contribution is 2.27. The van der Waals surface area contributed by atoms with E-state index in [0.29, 0.717) is 37.6 Å². The Bertz CT molecular complexity index is 1220. The van der Waals surface area contributed by atoms with Gasteiger partial charge in [-0.1, -0.05) is 60.2 Å². The minimum atomic E-state index is -3.82. The van der Waals surface area contributed by atoms with Crippen LogP contribution in [0, 0.1) is 6.92 Å². The van der Waals surface area contributed by atoms with Crippen molar-refractivity contribution >= 4 is 21.6 Å². The molecule has 3 aromatic rings. The Balaban J connectivity index is 1.59. The van der Waals surface area contributed by atoms with E-state index >= 15 is 0 Å². The molecule has 1 aliphatic heterocycles. The summed E-state index contributed by atoms with van der Waals surface area (Å²) in [6.45, 7) is 4.11. The second-order valence-corrected chi connectivity index (χ2v) is 10.1. The van der Waals surface area contributed by atoms with Crippen molar-refractivity contribution in [2.45, 2.75) is 24.9 Å². The van der Waals surface area contributed by atoms with Gasteiger partial charge in [-0.05, 0) is 36.2 Å². The smallest absolute Gasteiger partial charge is 0.251 e. The summed E-state index contributed by atoms with van der Waals surface area (Å²) in [5.41, 5.74) is 3.92. The van der Waals surface area contributed by atoms with Crippen molar-refractivity contribution in [3.05, 3.63) is 95.1 Å². The van der Waals surface area contributed by atoms with E-state index in [2.05, 4.69) is 10.6 Å². The third-order valence-corrected chi connectivity index (χ3v) is 7.67. The van der Waals surface area contributed by atoms with Crippen LogP contribution < -0.4 is 10.6 Å². The highest BCUT2D eigenvalue weighted by atomic mass is 32.2. The van der Waals surface area contributed by atoms with Gasteiger partial charge in [0.1, 0.15) is 4.90 Å². The van der Waals surface area contributed by atoms with Crippen LogP contribution in [0.1, 0.15) is 27.0 Å². The van der Waals surface area contributed by atoms with Crippen LogP contribution in [0.5, 0.6) is 0 Å². The van der Waals surface area contributed by atoms with Gasteiger partial charge in [-0.15, -0.1) is 0 Å². The Kier molecular flexibility index (Phi) is 7.62. The largest absolute Gasteiger partial charge is 0.380 e. The lowest BCUT2D eigenvalue weighted by atomic mass is 10.1. The summed E-state index contributed by atoms with van der Waals surface area (Å²) in [5, 5.41) is 6.12. The van der Waals surface area contributed by atoms with Gasteiger partial charge in [-0.2, -0.15) is 4.31 Å². The van der Waals surface area contributed by atoms with Gasteiger partial charge >= 0.3 is 0 Å². The number of sulfonamides is 1. The minimum Gasteiger partial charge on any atom is -0.380 e. The summed E-state index contributed by atoms with van der Waals surface area (Å²) in [4.78, 5) is 12.9. The second-order valence-electron chi connectivity index (χ2n) is 8.23. The standard InChI is InChI=1S/C26H29N3O4S/c1-20-7-9-22(10-8-20)18-27-24-12-11-23(26(30)28-19-21-5-3-2-4-6-21)17-25(24)34(31,32)29-13-15-33-16-14-29/h2-12,17,27H,13-16,18-19H2,1H3,(H,28,30). The molecule has 3 aromatic carbocycles. The molecule has 0 atom stereocenters. The molecular formula is C26H29N3O4S. The normalized spacial score (nSPS) is 14.5. The number of anilines is 1. The molecule has 0 aromatic heterocycles. The van der Waals surface area contributed by atoms with Crippen LogP contribution in [-0.2, 0) is 27.8 Å². The van der Waals surface area contributed by atoms with Crippen LogP contribution in [0.4, 0.5) is 5.69 Å². The first-order valence-corrected chi connectivity index (χ1v) is 12.7. The van der Waals surface area contributed by atoms with Crippen LogP contribution in [0.25, 0.3) is 0 Å². The molecular weight excluding hydrogens is 450 g/mol. The van der Waals surface area contributed by atoms with Gasteiger partial charge in [0.2, 0.25) is 10.0 Å². The van der Waals surface area contributed by atoms with Crippen LogP contribution in [0.3, 0.4) is 0 Å². The van der Waals surface area contributed by atoms with Crippen molar-refractivity contribution < 1.29 is 17.9 Å². The number of carbonyl (C=O) groups excluding carboxylic acids is 1. The van der Waals surface area contributed by atoms with Gasteiger partial charge in [-0.3, -0.25) is 4.79 Å². The first-order valence-electron chi connectivity index (χ1n) is 11.3. The van der Waals surface area contributed by atoms with Crippen LogP contribution in [-0.4, -0.2) is 44.9 Å². The first kappa shape index (κ1) is 23.9. The Morgan fingerprint density at radius 3 is 2.29 bits per heavy atom. The Morgan fingerprint density at radius 2 is 1.59 bits per heavy atom. The fourth-order valence-electron chi connectivity index (χ4n) is 3.73. The molecule has 2 N–H and O–H groups in total. The SMILES string of the molecule is Cc1ccc(CNc2ccc(C(=O)NCc3ccccc3)cc2S(=O)(=O)N2CCOCC2)cc1. The monoisotopic (exact) mass is 479 g/mol. The topological polar surface area (TPSA) is 87.7 Å². The average Bonchev–Trinajstić information content (AvgIpc) is 2.88.